The summed E-state index contributed by atoms with van der Waals surface area (Å²) in [6.07, 6.45) is 5.15. The minimum absolute atomic E-state index is 0.227. The summed E-state index contributed by atoms with van der Waals surface area (Å²) in [6.45, 7) is 3.74. The monoisotopic (exact) mass is 435 g/mol. The van der Waals surface area contributed by atoms with E-state index in [1.54, 1.807) is 44.0 Å². The van der Waals surface area contributed by atoms with Gasteiger partial charge in [-0.15, -0.1) is 0 Å². The zero-order valence-electron chi connectivity index (χ0n) is 17.4. The minimum atomic E-state index is -0.665. The van der Waals surface area contributed by atoms with Gasteiger partial charge in [-0.25, -0.2) is 9.79 Å². The van der Waals surface area contributed by atoms with E-state index in [1.165, 1.54) is 11.3 Å². The molecule has 1 atom stereocenters. The number of carbonyl (C=O) groups excluding carboxylic acids is 1. The highest BCUT2D eigenvalue weighted by Crippen LogP contribution is 2.32. The number of nitrogens with zero attached hydrogens (tertiary/aromatic N) is 3. The van der Waals surface area contributed by atoms with Gasteiger partial charge in [-0.05, 0) is 49.2 Å². The van der Waals surface area contributed by atoms with Crippen LogP contribution in [0.25, 0.3) is 6.08 Å². The van der Waals surface area contributed by atoms with Crippen LogP contribution in [0.1, 0.15) is 31.0 Å². The fraction of sp³-hybridized carbons (Fsp3) is 0.217. The predicted octanol–water partition coefficient (Wildman–Crippen LogP) is 2.20. The fourth-order valence-electron chi connectivity index (χ4n) is 3.53. The lowest BCUT2D eigenvalue weighted by Crippen LogP contribution is -2.39. The van der Waals surface area contributed by atoms with Crippen molar-refractivity contribution in [3.05, 3.63) is 90.9 Å². The third-order valence-electron chi connectivity index (χ3n) is 4.91. The van der Waals surface area contributed by atoms with Gasteiger partial charge in [0.2, 0.25) is 0 Å². The maximum atomic E-state index is 13.4. The Morgan fingerprint density at radius 1 is 1.29 bits per heavy atom. The number of carbonyl (C=O) groups is 1. The summed E-state index contributed by atoms with van der Waals surface area (Å²) in [7, 11) is 1.58. The van der Waals surface area contributed by atoms with Crippen LogP contribution in [0.4, 0.5) is 0 Å². The van der Waals surface area contributed by atoms with E-state index >= 15 is 0 Å². The molecule has 4 rings (SSSR count). The zero-order valence-corrected chi connectivity index (χ0v) is 18.2. The highest BCUT2D eigenvalue weighted by Gasteiger charge is 2.33. The number of pyridine rings is 1. The van der Waals surface area contributed by atoms with Crippen LogP contribution in [-0.4, -0.2) is 29.2 Å². The second kappa shape index (κ2) is 8.69. The van der Waals surface area contributed by atoms with E-state index in [9.17, 15) is 9.59 Å². The lowest BCUT2D eigenvalue weighted by molar-refractivity contribution is -0.139. The first kappa shape index (κ1) is 20.7. The molecule has 158 valence electrons. The fourth-order valence-corrected chi connectivity index (χ4v) is 4.58. The molecule has 3 aromatic rings. The van der Waals surface area contributed by atoms with Gasteiger partial charge in [0.05, 0.1) is 35.6 Å². The van der Waals surface area contributed by atoms with Gasteiger partial charge < -0.3 is 9.47 Å². The van der Waals surface area contributed by atoms with Gasteiger partial charge in [-0.2, -0.15) is 0 Å². The van der Waals surface area contributed by atoms with Gasteiger partial charge in [0, 0.05) is 12.4 Å². The number of esters is 1. The first-order valence-corrected chi connectivity index (χ1v) is 10.6. The number of benzene rings is 1. The van der Waals surface area contributed by atoms with Crippen LogP contribution in [0.5, 0.6) is 5.75 Å². The second-order valence-corrected chi connectivity index (χ2v) is 7.87. The molecule has 0 aliphatic carbocycles. The molecule has 8 heteroatoms. The lowest BCUT2D eigenvalue weighted by Gasteiger charge is -2.25. The number of hydrogen-bond donors (Lipinski definition) is 0. The summed E-state index contributed by atoms with van der Waals surface area (Å²) in [5, 5.41) is 0. The molecule has 0 fully saturated rings. The Hall–Kier alpha value is -3.52. The van der Waals surface area contributed by atoms with Gasteiger partial charge >= 0.3 is 5.97 Å². The molecule has 1 aromatic carbocycles. The Morgan fingerprint density at radius 2 is 2.13 bits per heavy atom. The number of thiazole rings is 1. The van der Waals surface area contributed by atoms with Crippen molar-refractivity contribution in [2.45, 2.75) is 19.9 Å². The predicted molar refractivity (Wildman–Crippen MR) is 118 cm³/mol. The summed E-state index contributed by atoms with van der Waals surface area (Å²) < 4.78 is 12.7. The van der Waals surface area contributed by atoms with Gasteiger partial charge in [-0.3, -0.25) is 14.3 Å². The van der Waals surface area contributed by atoms with Crippen LogP contribution in [0, 0.1) is 0 Å². The first-order chi connectivity index (χ1) is 15.0. The first-order valence-electron chi connectivity index (χ1n) is 9.77. The van der Waals surface area contributed by atoms with E-state index in [4.69, 9.17) is 9.47 Å². The lowest BCUT2D eigenvalue weighted by atomic mass is 9.95. The van der Waals surface area contributed by atoms with Crippen molar-refractivity contribution in [2.24, 2.45) is 4.99 Å². The Labute approximate surface area is 182 Å². The Morgan fingerprint density at radius 3 is 2.84 bits per heavy atom. The van der Waals surface area contributed by atoms with Crippen LogP contribution in [-0.2, 0) is 9.53 Å². The standard InChI is InChI=1S/C23H21N3O4S/c1-4-30-22(28)19-14(2)25-23-26(20(19)16-8-5-9-17(12-16)29-3)21(27)18(31-23)11-15-7-6-10-24-13-15/h5-13,20H,4H2,1-3H3/b18-11-/t20-/m0/s1. The minimum Gasteiger partial charge on any atom is -0.497 e. The Bertz CT molecular complexity index is 1340. The van der Waals surface area contributed by atoms with Crippen LogP contribution in [0.2, 0.25) is 0 Å². The maximum Gasteiger partial charge on any atom is 0.338 e. The number of rotatable bonds is 5. The highest BCUT2D eigenvalue weighted by molar-refractivity contribution is 7.07. The molecule has 2 aromatic heterocycles. The van der Waals surface area contributed by atoms with Crippen LogP contribution in [0.3, 0.4) is 0 Å². The second-order valence-electron chi connectivity index (χ2n) is 6.87. The van der Waals surface area contributed by atoms with Crippen molar-refractivity contribution in [3.63, 3.8) is 0 Å². The summed E-state index contributed by atoms with van der Waals surface area (Å²) >= 11 is 1.28. The highest BCUT2D eigenvalue weighted by atomic mass is 32.1. The van der Waals surface area contributed by atoms with Crippen molar-refractivity contribution in [3.8, 4) is 5.75 Å². The molecular weight excluding hydrogens is 414 g/mol. The van der Waals surface area contributed by atoms with Gasteiger partial charge in [0.25, 0.3) is 5.56 Å². The molecule has 0 bridgehead atoms. The van der Waals surface area contributed by atoms with Crippen LogP contribution in [0.15, 0.2) is 69.8 Å². The van der Waals surface area contributed by atoms with Crippen molar-refractivity contribution in [1.82, 2.24) is 9.55 Å². The number of fused-ring (bicyclic) bond motifs is 1. The number of hydrogen-bond acceptors (Lipinski definition) is 7. The van der Waals surface area contributed by atoms with Gasteiger partial charge in [-0.1, -0.05) is 29.5 Å². The van der Waals surface area contributed by atoms with Crippen molar-refractivity contribution >= 4 is 23.4 Å². The molecule has 7 nitrogen and oxygen atoms in total. The smallest absolute Gasteiger partial charge is 0.338 e. The van der Waals surface area contributed by atoms with Crippen molar-refractivity contribution in [1.29, 1.82) is 0 Å². The molecular formula is C23H21N3O4S. The molecule has 0 saturated heterocycles. The van der Waals surface area contributed by atoms with Crippen molar-refractivity contribution < 1.29 is 14.3 Å². The topological polar surface area (TPSA) is 82.8 Å². The number of allylic oxidation sites excluding steroid dienone is 1. The van der Waals surface area contributed by atoms with E-state index in [0.29, 0.717) is 26.4 Å². The molecule has 3 heterocycles. The van der Waals surface area contributed by atoms with Gasteiger partial charge in [0.1, 0.15) is 5.75 Å². The molecule has 0 unspecified atom stereocenters. The molecule has 0 N–H and O–H groups in total. The Kier molecular flexibility index (Phi) is 5.81. The van der Waals surface area contributed by atoms with E-state index in [0.717, 1.165) is 11.1 Å². The van der Waals surface area contributed by atoms with E-state index in [-0.39, 0.29) is 12.2 Å². The SMILES string of the molecule is CCOC(=O)C1=C(C)N=c2s/c(=C\c3cccnc3)c(=O)n2[C@H]1c1cccc(OC)c1. The molecule has 0 radical (unpaired) electrons. The summed E-state index contributed by atoms with van der Waals surface area (Å²) in [5.74, 6) is 0.144. The van der Waals surface area contributed by atoms with Crippen LogP contribution >= 0.6 is 11.3 Å². The van der Waals surface area contributed by atoms with Crippen molar-refractivity contribution in [2.75, 3.05) is 13.7 Å². The van der Waals surface area contributed by atoms with Crippen LogP contribution < -0.4 is 19.6 Å². The normalized spacial score (nSPS) is 16.0. The van der Waals surface area contributed by atoms with E-state index < -0.39 is 12.0 Å². The molecule has 0 spiro atoms. The number of ether oxygens (including phenoxy) is 2. The summed E-state index contributed by atoms with van der Waals surface area (Å²) in [5.41, 5.74) is 2.20. The molecule has 0 amide bonds. The zero-order chi connectivity index (χ0) is 22.0. The molecule has 1 aliphatic heterocycles. The number of aromatic nitrogens is 2. The number of methoxy groups -OCH3 is 1. The Balaban J connectivity index is 1.97. The third kappa shape index (κ3) is 3.94. The molecule has 0 saturated carbocycles. The maximum absolute atomic E-state index is 13.4. The average molecular weight is 436 g/mol. The quantitative estimate of drug-likeness (QED) is 0.574. The summed E-state index contributed by atoms with van der Waals surface area (Å²) in [4.78, 5) is 35.5. The van der Waals surface area contributed by atoms with E-state index in [1.807, 2.05) is 36.4 Å². The third-order valence-corrected chi connectivity index (χ3v) is 5.89. The van der Waals surface area contributed by atoms with E-state index in [2.05, 4.69) is 9.98 Å². The average Bonchev–Trinajstić information content (AvgIpc) is 3.08. The summed E-state index contributed by atoms with van der Waals surface area (Å²) in [6, 6.07) is 10.4. The van der Waals surface area contributed by atoms with Gasteiger partial charge in [0.15, 0.2) is 4.80 Å². The molecule has 1 aliphatic rings. The molecule has 31 heavy (non-hydrogen) atoms. The largest absolute Gasteiger partial charge is 0.497 e.